The summed E-state index contributed by atoms with van der Waals surface area (Å²) in [6.07, 6.45) is 1.51. The number of ether oxygens (including phenoxy) is 1. The zero-order valence-corrected chi connectivity index (χ0v) is 19.4. The summed E-state index contributed by atoms with van der Waals surface area (Å²) in [4.78, 5) is 24.3. The van der Waals surface area contributed by atoms with Crippen LogP contribution in [0.1, 0.15) is 27.3 Å². The summed E-state index contributed by atoms with van der Waals surface area (Å²) < 4.78 is 8.54. The number of benzene rings is 2. The quantitative estimate of drug-likeness (QED) is 0.220. The largest absolute Gasteiger partial charge is 0.423 e. The van der Waals surface area contributed by atoms with E-state index in [4.69, 9.17) is 4.74 Å². The number of hydrogen-bond acceptors (Lipinski definition) is 5. The van der Waals surface area contributed by atoms with Gasteiger partial charge in [-0.15, -0.1) is 0 Å². The van der Waals surface area contributed by atoms with E-state index < -0.39 is 5.97 Å². The van der Waals surface area contributed by atoms with Gasteiger partial charge in [-0.1, -0.05) is 12.1 Å². The first-order valence-corrected chi connectivity index (χ1v) is 10.5. The molecule has 0 fully saturated rings. The molecule has 1 aromatic heterocycles. The third kappa shape index (κ3) is 5.43. The lowest BCUT2D eigenvalue weighted by atomic mass is 10.2. The summed E-state index contributed by atoms with van der Waals surface area (Å²) in [5, 5.41) is 8.24. The topological polar surface area (TPSA) is 85.6 Å². The van der Waals surface area contributed by atoms with Crippen LogP contribution in [-0.2, 0) is 11.3 Å². The van der Waals surface area contributed by atoms with E-state index >= 15 is 0 Å². The van der Waals surface area contributed by atoms with Crippen molar-refractivity contribution in [2.24, 2.45) is 5.10 Å². The Balaban J connectivity index is 1.54. The summed E-state index contributed by atoms with van der Waals surface area (Å²) in [6, 6.07) is 13.8. The van der Waals surface area contributed by atoms with E-state index in [9.17, 15) is 9.59 Å². The Morgan fingerprint density at radius 2 is 1.83 bits per heavy atom. The van der Waals surface area contributed by atoms with E-state index in [0.29, 0.717) is 15.8 Å². The van der Waals surface area contributed by atoms with Crippen molar-refractivity contribution in [3.05, 3.63) is 80.0 Å². The molecule has 0 bridgehead atoms. The molecule has 0 aliphatic rings. The highest BCUT2D eigenvalue weighted by Crippen LogP contribution is 2.20. The maximum atomic E-state index is 12.2. The molecule has 9 heteroatoms. The van der Waals surface area contributed by atoms with Crippen LogP contribution in [0, 0.1) is 13.8 Å². The number of amides is 1. The number of esters is 1. The van der Waals surface area contributed by atoms with Crippen molar-refractivity contribution in [3.8, 4) is 5.75 Å². The molecule has 154 valence electrons. The van der Waals surface area contributed by atoms with Crippen molar-refractivity contribution in [2.45, 2.75) is 20.4 Å². The van der Waals surface area contributed by atoms with Crippen molar-refractivity contribution in [2.75, 3.05) is 0 Å². The molecule has 0 aliphatic carbocycles. The molecule has 3 aromatic rings. The van der Waals surface area contributed by atoms with Crippen LogP contribution in [0.4, 0.5) is 0 Å². The van der Waals surface area contributed by atoms with Gasteiger partial charge >= 0.3 is 5.97 Å². The monoisotopic (exact) mass is 532 g/mol. The van der Waals surface area contributed by atoms with E-state index in [-0.39, 0.29) is 12.5 Å². The van der Waals surface area contributed by atoms with Gasteiger partial charge in [0.25, 0.3) is 5.91 Å². The Labute approximate surface area is 190 Å². The highest BCUT2D eigenvalue weighted by Gasteiger charge is 2.12. The van der Waals surface area contributed by atoms with Gasteiger partial charge in [0.1, 0.15) is 12.3 Å². The molecule has 0 spiro atoms. The molecule has 0 aliphatic heterocycles. The minimum Gasteiger partial charge on any atom is -0.423 e. The zero-order valence-electron chi connectivity index (χ0n) is 16.2. The first kappa shape index (κ1) is 21.9. The van der Waals surface area contributed by atoms with Gasteiger partial charge < -0.3 is 4.74 Å². The standard InChI is InChI=1S/C21H18Br2N4O3/c1-13-20(23)14(2)27(26-13)12-19(28)25-24-11-15-7-9-16(10-8-15)30-21(29)17-5-3-4-6-18(17)22/h3-11H,12H2,1-2H3,(H,25,28). The number of carbonyl (C=O) groups is 2. The van der Waals surface area contributed by atoms with Gasteiger partial charge in [-0.2, -0.15) is 10.2 Å². The lowest BCUT2D eigenvalue weighted by Gasteiger charge is -2.06. The molecular formula is C21H18Br2N4O3. The lowest BCUT2D eigenvalue weighted by Crippen LogP contribution is -2.24. The van der Waals surface area contributed by atoms with Gasteiger partial charge in [-0.3, -0.25) is 9.48 Å². The fourth-order valence-electron chi connectivity index (χ4n) is 2.59. The number of halogens is 2. The lowest BCUT2D eigenvalue weighted by molar-refractivity contribution is -0.121. The average Bonchev–Trinajstić information content (AvgIpc) is 2.96. The van der Waals surface area contributed by atoms with Crippen LogP contribution in [0.15, 0.2) is 62.6 Å². The second-order valence-electron chi connectivity index (χ2n) is 6.37. The summed E-state index contributed by atoms with van der Waals surface area (Å²) in [7, 11) is 0. The van der Waals surface area contributed by atoms with Crippen molar-refractivity contribution in [3.63, 3.8) is 0 Å². The Morgan fingerprint density at radius 1 is 1.13 bits per heavy atom. The molecule has 30 heavy (non-hydrogen) atoms. The number of nitrogens with one attached hydrogen (secondary N) is 1. The molecular weight excluding hydrogens is 516 g/mol. The van der Waals surface area contributed by atoms with Crippen molar-refractivity contribution < 1.29 is 14.3 Å². The van der Waals surface area contributed by atoms with Crippen molar-refractivity contribution in [1.82, 2.24) is 15.2 Å². The minimum absolute atomic E-state index is 0.0690. The Kier molecular flexibility index (Phi) is 7.17. The number of carbonyl (C=O) groups excluding carboxylic acids is 2. The molecule has 1 heterocycles. The molecule has 1 amide bonds. The molecule has 0 unspecified atom stereocenters. The van der Waals surface area contributed by atoms with Crippen LogP contribution in [0.25, 0.3) is 0 Å². The SMILES string of the molecule is Cc1nn(CC(=O)NN=Cc2ccc(OC(=O)c3ccccc3Br)cc2)c(C)c1Br. The van der Waals surface area contributed by atoms with Gasteiger partial charge in [0.05, 0.1) is 27.6 Å². The van der Waals surface area contributed by atoms with Crippen LogP contribution >= 0.6 is 31.9 Å². The molecule has 0 saturated heterocycles. The van der Waals surface area contributed by atoms with Gasteiger partial charge in [0.2, 0.25) is 0 Å². The average molecular weight is 534 g/mol. The van der Waals surface area contributed by atoms with Gasteiger partial charge in [-0.05, 0) is 87.7 Å². The smallest absolute Gasteiger partial charge is 0.344 e. The van der Waals surface area contributed by atoms with Gasteiger partial charge in [-0.25, -0.2) is 10.2 Å². The maximum absolute atomic E-state index is 12.2. The fourth-order valence-corrected chi connectivity index (χ4v) is 3.32. The van der Waals surface area contributed by atoms with Crippen LogP contribution in [0.3, 0.4) is 0 Å². The maximum Gasteiger partial charge on any atom is 0.344 e. The van der Waals surface area contributed by atoms with Crippen LogP contribution in [0.2, 0.25) is 0 Å². The second-order valence-corrected chi connectivity index (χ2v) is 8.02. The number of aryl methyl sites for hydroxylation is 1. The minimum atomic E-state index is -0.452. The third-order valence-corrected chi connectivity index (χ3v) is 6.01. The van der Waals surface area contributed by atoms with Crippen LogP contribution in [-0.4, -0.2) is 27.9 Å². The zero-order chi connectivity index (χ0) is 21.7. The highest BCUT2D eigenvalue weighted by atomic mass is 79.9. The number of nitrogens with zero attached hydrogens (tertiary/aromatic N) is 3. The first-order chi connectivity index (χ1) is 14.3. The number of aromatic nitrogens is 2. The van der Waals surface area contributed by atoms with Crippen LogP contribution < -0.4 is 10.2 Å². The predicted octanol–water partition coefficient (Wildman–Crippen LogP) is 4.39. The number of hydrazone groups is 1. The molecule has 0 radical (unpaired) electrons. The van der Waals surface area contributed by atoms with Gasteiger partial charge in [0, 0.05) is 4.47 Å². The van der Waals surface area contributed by atoms with E-state index in [1.807, 2.05) is 19.9 Å². The molecule has 0 saturated carbocycles. The van der Waals surface area contributed by atoms with E-state index in [1.54, 1.807) is 47.1 Å². The second kappa shape index (κ2) is 9.82. The highest BCUT2D eigenvalue weighted by molar-refractivity contribution is 9.10. The summed E-state index contributed by atoms with van der Waals surface area (Å²) >= 11 is 6.76. The van der Waals surface area contributed by atoms with E-state index in [2.05, 4.69) is 47.5 Å². The molecule has 7 nitrogen and oxygen atoms in total. The molecule has 2 aromatic carbocycles. The van der Waals surface area contributed by atoms with Crippen LogP contribution in [0.5, 0.6) is 5.75 Å². The fraction of sp³-hybridized carbons (Fsp3) is 0.143. The Bertz CT molecular complexity index is 1110. The number of hydrogen-bond donors (Lipinski definition) is 1. The summed E-state index contributed by atoms with van der Waals surface area (Å²) in [5.74, 6) is -0.331. The normalized spacial score (nSPS) is 10.9. The van der Waals surface area contributed by atoms with E-state index in [1.165, 1.54) is 6.21 Å². The third-order valence-electron chi connectivity index (χ3n) is 4.17. The molecule has 1 N–H and O–H groups in total. The summed E-state index contributed by atoms with van der Waals surface area (Å²) in [6.45, 7) is 3.81. The predicted molar refractivity (Wildman–Crippen MR) is 121 cm³/mol. The van der Waals surface area contributed by atoms with Gasteiger partial charge in [0.15, 0.2) is 0 Å². The van der Waals surface area contributed by atoms with Crippen molar-refractivity contribution >= 4 is 50.0 Å². The Hall–Kier alpha value is -2.78. The Morgan fingerprint density at radius 3 is 2.47 bits per heavy atom. The van der Waals surface area contributed by atoms with E-state index in [0.717, 1.165) is 21.4 Å². The van der Waals surface area contributed by atoms with Crippen molar-refractivity contribution in [1.29, 1.82) is 0 Å². The first-order valence-electron chi connectivity index (χ1n) is 8.93. The molecule has 3 rings (SSSR count). The number of rotatable bonds is 6. The summed E-state index contributed by atoms with van der Waals surface area (Å²) in [5.41, 5.74) is 5.36. The molecule has 0 atom stereocenters.